The number of nitrogen functional groups attached to an aromatic ring is 1. The van der Waals surface area contributed by atoms with E-state index < -0.39 is 83.1 Å². The number of nitrogens with two attached hydrogens (primary N) is 1. The summed E-state index contributed by atoms with van der Waals surface area (Å²) in [4.78, 5) is 46.2. The Hall–Kier alpha value is -1.52. The lowest BCUT2D eigenvalue weighted by Gasteiger charge is -2.42. The van der Waals surface area contributed by atoms with Gasteiger partial charge in [-0.1, -0.05) is 0 Å². The van der Waals surface area contributed by atoms with Gasteiger partial charge in [-0.25, -0.2) is 9.29 Å². The van der Waals surface area contributed by atoms with Crippen LogP contribution >= 0.6 is 28.3 Å². The van der Waals surface area contributed by atoms with E-state index in [4.69, 9.17) is 15.2 Å². The summed E-state index contributed by atoms with van der Waals surface area (Å²) in [5.74, 6) is -0.516. The summed E-state index contributed by atoms with van der Waals surface area (Å²) < 4.78 is 48.5. The van der Waals surface area contributed by atoms with Crippen LogP contribution in [-0.2, 0) is 32.0 Å². The highest BCUT2D eigenvalue weighted by atomic mass is 32.1. The van der Waals surface area contributed by atoms with Gasteiger partial charge >= 0.3 is 0 Å². The number of nitrogens with one attached hydrogen (secondary N) is 1. The molecule has 0 bridgehead atoms. The zero-order valence-corrected chi connectivity index (χ0v) is 22.0. The van der Waals surface area contributed by atoms with E-state index in [2.05, 4.69) is 40.9 Å². The van der Waals surface area contributed by atoms with Crippen molar-refractivity contribution in [3.8, 4) is 0 Å². The number of H-pyrrole nitrogens is 1. The van der Waals surface area contributed by atoms with E-state index in [1.807, 2.05) is 0 Å². The van der Waals surface area contributed by atoms with E-state index in [0.29, 0.717) is 0 Å². The van der Waals surface area contributed by atoms with Gasteiger partial charge in [0.1, 0.15) is 36.6 Å². The topological polar surface area (TPSA) is 317 Å². The van der Waals surface area contributed by atoms with Gasteiger partial charge in [-0.05, 0) is 0 Å². The van der Waals surface area contributed by atoms with Gasteiger partial charge in [0.05, 0.1) is 19.0 Å². The van der Waals surface area contributed by atoms with E-state index in [0.717, 1.165) is 10.9 Å². The minimum absolute atomic E-state index is 0.124. The first-order valence-electron chi connectivity index (χ1n) is 10.8. The fraction of sp³-hybridized carbons (Fsp3) is 0.688. The minimum atomic E-state index is -5.85. The summed E-state index contributed by atoms with van der Waals surface area (Å²) in [5, 5.41) is 50.2. The second-order valence-electron chi connectivity index (χ2n) is 8.40. The first-order valence-corrected chi connectivity index (χ1v) is 14.4. The highest BCUT2D eigenvalue weighted by molar-refractivity contribution is 7.80. The lowest BCUT2D eigenvalue weighted by atomic mass is 10.0. The van der Waals surface area contributed by atoms with Gasteiger partial charge in [-0.15, -0.1) is 0 Å². The number of thiol groups is 1. The number of hydrogen-bond donors (Lipinski definition) is 8. The summed E-state index contributed by atoms with van der Waals surface area (Å²) >= 11 is 3.84. The van der Waals surface area contributed by atoms with Gasteiger partial charge in [0, 0.05) is 5.75 Å². The number of nitrogens with zero attached hydrogens (tertiary/aromatic N) is 3. The number of aliphatic hydroxyl groups excluding tert-OH is 5. The maximum Gasteiger partial charge on any atom is 0.280 e. The van der Waals surface area contributed by atoms with Crippen LogP contribution in [-0.4, -0.2) is 106 Å². The van der Waals surface area contributed by atoms with Gasteiger partial charge in [0.15, 0.2) is 23.7 Å². The molecule has 23 heteroatoms. The fourth-order valence-corrected chi connectivity index (χ4v) is 6.22. The molecule has 2 aliphatic heterocycles. The highest BCUT2D eigenvalue weighted by Crippen LogP contribution is 2.57. The lowest BCUT2D eigenvalue weighted by Crippen LogP contribution is -2.58. The summed E-state index contributed by atoms with van der Waals surface area (Å²) in [5.41, 5.74) is 4.52. The van der Waals surface area contributed by atoms with Crippen LogP contribution in [0.3, 0.4) is 0 Å². The smallest absolute Gasteiger partial charge is 0.280 e. The third-order valence-electron chi connectivity index (χ3n) is 5.74. The first-order chi connectivity index (χ1) is 18.1. The molecular formula is C16H23N5O15P2S-2. The predicted octanol–water partition coefficient (Wildman–Crippen LogP) is -4.95. The molecule has 0 radical (unpaired) electrons. The molecule has 2 aliphatic rings. The zero-order chi connectivity index (χ0) is 28.9. The fourth-order valence-electron chi connectivity index (χ4n) is 3.84. The van der Waals surface area contributed by atoms with Crippen molar-refractivity contribution >= 4 is 45.4 Å². The number of ether oxygens (including phenoxy) is 2. The van der Waals surface area contributed by atoms with Gasteiger partial charge in [0.2, 0.25) is 5.95 Å². The number of hydrogen-bond acceptors (Lipinski definition) is 19. The molecule has 0 saturated carbocycles. The third kappa shape index (κ3) is 6.38. The van der Waals surface area contributed by atoms with Crippen molar-refractivity contribution in [2.24, 2.45) is 0 Å². The Morgan fingerprint density at radius 3 is 2.38 bits per heavy atom. The summed E-state index contributed by atoms with van der Waals surface area (Å²) in [6.07, 6.45) is -14.6. The molecule has 4 heterocycles. The Kier molecular flexibility index (Phi) is 8.89. The Bertz CT molecular complexity index is 1340. The highest BCUT2D eigenvalue weighted by Gasteiger charge is 2.47. The molecule has 0 aromatic carbocycles. The average molecular weight is 619 g/mol. The zero-order valence-electron chi connectivity index (χ0n) is 19.3. The Morgan fingerprint density at radius 2 is 1.72 bits per heavy atom. The van der Waals surface area contributed by atoms with Gasteiger partial charge in [-0.2, -0.15) is 17.6 Å². The molecule has 8 N–H and O–H groups in total. The maximum atomic E-state index is 12.2. The van der Waals surface area contributed by atoms with Crippen molar-refractivity contribution in [1.29, 1.82) is 0 Å². The second-order valence-corrected chi connectivity index (χ2v) is 11.7. The number of fused-ring (bicyclic) bond motifs is 1. The third-order valence-corrected chi connectivity index (χ3v) is 8.63. The molecule has 2 saturated heterocycles. The molecule has 0 aliphatic carbocycles. The van der Waals surface area contributed by atoms with Crippen molar-refractivity contribution in [3.05, 3.63) is 16.7 Å². The Balaban J connectivity index is 1.39. The van der Waals surface area contributed by atoms with Crippen molar-refractivity contribution < 1.29 is 67.3 Å². The largest absolute Gasteiger partial charge is 0.756 e. The number of aliphatic hydroxyl groups is 5. The number of phosphoric acid groups is 2. The summed E-state index contributed by atoms with van der Waals surface area (Å²) in [6.45, 7) is -1.06. The normalized spacial score (nSPS) is 36.6. The molecule has 11 atom stereocenters. The number of imidazole rings is 1. The lowest BCUT2D eigenvalue weighted by molar-refractivity contribution is -0.298. The molecular weight excluding hydrogens is 596 g/mol. The monoisotopic (exact) mass is 619 g/mol. The average Bonchev–Trinajstić information content (AvgIpc) is 3.38. The predicted molar refractivity (Wildman–Crippen MR) is 122 cm³/mol. The first kappa shape index (κ1) is 30.4. The van der Waals surface area contributed by atoms with Crippen molar-refractivity contribution in [2.75, 3.05) is 18.1 Å². The molecule has 2 aromatic rings. The molecule has 20 nitrogen and oxygen atoms in total. The second kappa shape index (κ2) is 11.4. The van der Waals surface area contributed by atoms with Crippen LogP contribution < -0.4 is 21.1 Å². The number of anilines is 1. The number of aromatic nitrogens is 4. The molecule has 0 amide bonds. The molecule has 0 spiro atoms. The van der Waals surface area contributed by atoms with Gasteiger partial charge in [0.25, 0.3) is 21.2 Å². The van der Waals surface area contributed by atoms with Gasteiger partial charge < -0.3 is 55.1 Å². The number of phosphoric ester groups is 2. The SMILES string of the molecule is Nc1nc2c(ncn2C2OC(COP(=O)([O-])OP(=O)([O-])OC3OC(CS)C(O)C(O)C3O)C(O)C2O)c(=O)[nH]1. The van der Waals surface area contributed by atoms with E-state index in [9.17, 15) is 49.2 Å². The molecule has 39 heavy (non-hydrogen) atoms. The van der Waals surface area contributed by atoms with Crippen LogP contribution in [0.5, 0.6) is 0 Å². The van der Waals surface area contributed by atoms with Crippen molar-refractivity contribution in [2.45, 2.75) is 55.2 Å². The quantitative estimate of drug-likeness (QED) is 0.0962. The summed E-state index contributed by atoms with van der Waals surface area (Å²) in [6, 6.07) is 0. The van der Waals surface area contributed by atoms with E-state index >= 15 is 0 Å². The van der Waals surface area contributed by atoms with E-state index in [1.165, 1.54) is 0 Å². The minimum Gasteiger partial charge on any atom is -0.756 e. The van der Waals surface area contributed by atoms with Crippen LogP contribution in [0.25, 0.3) is 11.2 Å². The van der Waals surface area contributed by atoms with Crippen LogP contribution in [0.4, 0.5) is 5.95 Å². The molecule has 2 aromatic heterocycles. The molecule has 4 rings (SSSR count). The maximum absolute atomic E-state index is 12.2. The van der Waals surface area contributed by atoms with Crippen LogP contribution in [0.2, 0.25) is 0 Å². The molecule has 2 fully saturated rings. The molecule has 11 unspecified atom stereocenters. The van der Waals surface area contributed by atoms with Gasteiger partial charge in [-0.3, -0.25) is 28.0 Å². The Labute approximate surface area is 222 Å². The van der Waals surface area contributed by atoms with Crippen LogP contribution in [0, 0.1) is 0 Å². The molecule has 220 valence electrons. The van der Waals surface area contributed by atoms with Crippen LogP contribution in [0.1, 0.15) is 6.23 Å². The van der Waals surface area contributed by atoms with E-state index in [-0.39, 0.29) is 22.9 Å². The number of rotatable bonds is 9. The van der Waals surface area contributed by atoms with Crippen LogP contribution in [0.15, 0.2) is 11.1 Å². The number of aromatic amines is 1. The van der Waals surface area contributed by atoms with Crippen molar-refractivity contribution in [1.82, 2.24) is 19.5 Å². The standard InChI is InChI=1S/C16H25N5O15P2S/c17-16-19-12-6(13(27)20-16)18-3-21(12)14-10(25)7(22)4(33-14)1-32-37(28,29)36-38(30,31)35-15-11(26)9(24)8(23)5(2-39)34-15/h3-5,7-11,14-15,22-26,39H,1-2H2,(H,28,29)(H,30,31)(H3,17,19,20,27)/p-2. The van der Waals surface area contributed by atoms with Crippen molar-refractivity contribution in [3.63, 3.8) is 0 Å². The summed E-state index contributed by atoms with van der Waals surface area (Å²) in [7, 11) is -11.6. The Morgan fingerprint density at radius 1 is 1.05 bits per heavy atom. The van der Waals surface area contributed by atoms with E-state index in [1.54, 1.807) is 0 Å².